The minimum absolute atomic E-state index is 0.00843. The lowest BCUT2D eigenvalue weighted by Gasteiger charge is -2.26. The highest BCUT2D eigenvalue weighted by molar-refractivity contribution is 8.01. The van der Waals surface area contributed by atoms with Crippen LogP contribution in [-0.2, 0) is 4.79 Å². The Morgan fingerprint density at radius 3 is 2.87 bits per heavy atom. The monoisotopic (exact) mass is 225 g/mol. The van der Waals surface area contributed by atoms with Gasteiger partial charge in [0.15, 0.2) is 0 Å². The van der Waals surface area contributed by atoms with Gasteiger partial charge in [-0.3, -0.25) is 4.79 Å². The number of hydrogen-bond donors (Lipinski definition) is 1. The van der Waals surface area contributed by atoms with Gasteiger partial charge in [-0.15, -0.1) is 11.8 Å². The maximum Gasteiger partial charge on any atom is 0.238 e. The Labute approximate surface area is 92.3 Å². The summed E-state index contributed by atoms with van der Waals surface area (Å²) in [4.78, 5) is 12.5. The highest BCUT2D eigenvalue weighted by atomic mass is 32.2. The van der Waals surface area contributed by atoms with E-state index in [1.807, 2.05) is 13.8 Å². The number of hydrogen-bond acceptors (Lipinski definition) is 2. The standard InChI is InChI=1S/C11H12FNOS/c1-6(2)10-11(14)13-8-4-3-7(12)5-9(8)15-10/h3-6,10H,1-2H3,(H,13,14). The zero-order valence-electron chi connectivity index (χ0n) is 8.58. The molecule has 1 aliphatic heterocycles. The summed E-state index contributed by atoms with van der Waals surface area (Å²) in [5.74, 6) is -0.0135. The number of halogens is 1. The van der Waals surface area contributed by atoms with Crippen molar-refractivity contribution in [2.75, 3.05) is 5.32 Å². The van der Waals surface area contributed by atoms with Crippen molar-refractivity contribution >= 4 is 23.4 Å². The van der Waals surface area contributed by atoms with E-state index in [0.717, 1.165) is 4.90 Å². The van der Waals surface area contributed by atoms with Gasteiger partial charge in [0, 0.05) is 4.90 Å². The van der Waals surface area contributed by atoms with Crippen molar-refractivity contribution in [1.82, 2.24) is 0 Å². The molecule has 0 spiro atoms. The molecule has 15 heavy (non-hydrogen) atoms. The smallest absolute Gasteiger partial charge is 0.238 e. The topological polar surface area (TPSA) is 29.1 Å². The number of anilines is 1. The first-order chi connectivity index (χ1) is 7.08. The first-order valence-corrected chi connectivity index (χ1v) is 5.73. The highest BCUT2D eigenvalue weighted by Gasteiger charge is 2.29. The van der Waals surface area contributed by atoms with Gasteiger partial charge >= 0.3 is 0 Å². The summed E-state index contributed by atoms with van der Waals surface area (Å²) in [6, 6.07) is 4.43. The first kappa shape index (κ1) is 10.5. The lowest BCUT2D eigenvalue weighted by molar-refractivity contribution is -0.116. The molecule has 0 saturated carbocycles. The Morgan fingerprint density at radius 1 is 1.47 bits per heavy atom. The molecule has 4 heteroatoms. The SMILES string of the molecule is CC(C)C1Sc2cc(F)ccc2NC1=O. The van der Waals surface area contributed by atoms with E-state index in [-0.39, 0.29) is 22.9 Å². The molecule has 0 aliphatic carbocycles. The maximum absolute atomic E-state index is 13.0. The average molecular weight is 225 g/mol. The van der Waals surface area contributed by atoms with Crippen molar-refractivity contribution in [1.29, 1.82) is 0 Å². The van der Waals surface area contributed by atoms with Crippen LogP contribution in [0.2, 0.25) is 0 Å². The Hall–Kier alpha value is -1.03. The fraction of sp³-hybridized carbons (Fsp3) is 0.364. The molecule has 1 heterocycles. The predicted molar refractivity (Wildman–Crippen MR) is 59.5 cm³/mol. The zero-order chi connectivity index (χ0) is 11.0. The Morgan fingerprint density at radius 2 is 2.20 bits per heavy atom. The lowest BCUT2D eigenvalue weighted by atomic mass is 10.1. The summed E-state index contributed by atoms with van der Waals surface area (Å²) in [5.41, 5.74) is 0.711. The average Bonchev–Trinajstić information content (AvgIpc) is 2.17. The van der Waals surface area contributed by atoms with Crippen LogP contribution in [0.15, 0.2) is 23.1 Å². The molecule has 1 aromatic rings. The summed E-state index contributed by atoms with van der Waals surface area (Å²) in [5, 5.41) is 2.67. The lowest BCUT2D eigenvalue weighted by Crippen LogP contribution is -2.32. The molecular weight excluding hydrogens is 213 g/mol. The minimum Gasteiger partial charge on any atom is -0.324 e. The zero-order valence-corrected chi connectivity index (χ0v) is 9.40. The number of benzene rings is 1. The maximum atomic E-state index is 13.0. The summed E-state index contributed by atoms with van der Waals surface area (Å²) in [7, 11) is 0. The van der Waals surface area contributed by atoms with Crippen molar-refractivity contribution in [2.45, 2.75) is 24.0 Å². The number of carbonyl (C=O) groups is 1. The van der Waals surface area contributed by atoms with E-state index >= 15 is 0 Å². The molecule has 1 amide bonds. The van der Waals surface area contributed by atoms with E-state index in [0.29, 0.717) is 5.69 Å². The molecule has 80 valence electrons. The molecule has 0 radical (unpaired) electrons. The van der Waals surface area contributed by atoms with Crippen LogP contribution in [0.5, 0.6) is 0 Å². The van der Waals surface area contributed by atoms with E-state index < -0.39 is 0 Å². The van der Waals surface area contributed by atoms with Crippen molar-refractivity contribution in [3.63, 3.8) is 0 Å². The van der Waals surface area contributed by atoms with Crippen molar-refractivity contribution < 1.29 is 9.18 Å². The molecule has 0 bridgehead atoms. The third-order valence-corrected chi connectivity index (χ3v) is 3.92. The van der Waals surface area contributed by atoms with Gasteiger partial charge in [-0.25, -0.2) is 4.39 Å². The molecule has 0 saturated heterocycles. The summed E-state index contributed by atoms with van der Waals surface area (Å²) in [6.07, 6.45) is 0. The largest absolute Gasteiger partial charge is 0.324 e. The van der Waals surface area contributed by atoms with Crippen LogP contribution in [0.1, 0.15) is 13.8 Å². The van der Waals surface area contributed by atoms with Crippen LogP contribution in [0.25, 0.3) is 0 Å². The second-order valence-corrected chi connectivity index (χ2v) is 5.10. The Balaban J connectivity index is 2.34. The van der Waals surface area contributed by atoms with Crippen LogP contribution in [-0.4, -0.2) is 11.2 Å². The van der Waals surface area contributed by atoms with Crippen molar-refractivity contribution in [2.24, 2.45) is 5.92 Å². The summed E-state index contributed by atoms with van der Waals surface area (Å²) < 4.78 is 13.0. The molecule has 1 atom stereocenters. The molecule has 2 nitrogen and oxygen atoms in total. The molecule has 1 aliphatic rings. The molecule has 1 unspecified atom stereocenters. The van der Waals surface area contributed by atoms with E-state index in [4.69, 9.17) is 0 Å². The van der Waals surface area contributed by atoms with E-state index in [9.17, 15) is 9.18 Å². The quantitative estimate of drug-likeness (QED) is 0.796. The van der Waals surface area contributed by atoms with Crippen LogP contribution in [0.3, 0.4) is 0 Å². The predicted octanol–water partition coefficient (Wildman–Crippen LogP) is 2.89. The normalized spacial score (nSPS) is 20.0. The minimum atomic E-state index is -0.264. The fourth-order valence-electron chi connectivity index (χ4n) is 1.53. The van der Waals surface area contributed by atoms with Gasteiger partial charge in [0.1, 0.15) is 5.82 Å². The molecule has 1 N–H and O–H groups in total. The third-order valence-electron chi connectivity index (χ3n) is 2.32. The van der Waals surface area contributed by atoms with Crippen LogP contribution in [0, 0.1) is 11.7 Å². The van der Waals surface area contributed by atoms with Crippen molar-refractivity contribution in [3.8, 4) is 0 Å². The Kier molecular flexibility index (Phi) is 2.69. The Bertz CT molecular complexity index is 406. The number of carbonyl (C=O) groups excluding carboxylic acids is 1. The van der Waals surface area contributed by atoms with E-state index in [1.165, 1.54) is 23.9 Å². The second kappa shape index (κ2) is 3.85. The van der Waals surface area contributed by atoms with Gasteiger partial charge in [0.25, 0.3) is 0 Å². The highest BCUT2D eigenvalue weighted by Crippen LogP contribution is 2.38. The molecule has 1 aromatic carbocycles. The van der Waals surface area contributed by atoms with Crippen LogP contribution < -0.4 is 5.32 Å². The van der Waals surface area contributed by atoms with Gasteiger partial charge < -0.3 is 5.32 Å². The van der Waals surface area contributed by atoms with Crippen LogP contribution in [0.4, 0.5) is 10.1 Å². The fourth-order valence-corrected chi connectivity index (χ4v) is 2.67. The second-order valence-electron chi connectivity index (χ2n) is 3.91. The van der Waals surface area contributed by atoms with Gasteiger partial charge in [0.2, 0.25) is 5.91 Å². The third kappa shape index (κ3) is 2.00. The van der Waals surface area contributed by atoms with Gasteiger partial charge in [-0.2, -0.15) is 0 Å². The van der Waals surface area contributed by atoms with Gasteiger partial charge in [-0.1, -0.05) is 13.8 Å². The molecule has 0 fully saturated rings. The first-order valence-electron chi connectivity index (χ1n) is 4.85. The van der Waals surface area contributed by atoms with Crippen LogP contribution >= 0.6 is 11.8 Å². The number of rotatable bonds is 1. The molecule has 0 aromatic heterocycles. The number of nitrogens with one attached hydrogen (secondary N) is 1. The van der Waals surface area contributed by atoms with Crippen molar-refractivity contribution in [3.05, 3.63) is 24.0 Å². The van der Waals surface area contributed by atoms with Gasteiger partial charge in [-0.05, 0) is 24.1 Å². The van der Waals surface area contributed by atoms with E-state index in [2.05, 4.69) is 5.32 Å². The van der Waals surface area contributed by atoms with Gasteiger partial charge in [0.05, 0.1) is 10.9 Å². The summed E-state index contributed by atoms with van der Waals surface area (Å²) in [6.45, 7) is 3.98. The molecule has 2 rings (SSSR count). The number of amides is 1. The summed E-state index contributed by atoms with van der Waals surface area (Å²) >= 11 is 1.44. The number of fused-ring (bicyclic) bond motifs is 1. The number of thioether (sulfide) groups is 1. The molecular formula is C11H12FNOS. The van der Waals surface area contributed by atoms with E-state index in [1.54, 1.807) is 6.07 Å².